The van der Waals surface area contributed by atoms with E-state index in [2.05, 4.69) is 34.6 Å². The van der Waals surface area contributed by atoms with E-state index < -0.39 is 97.5 Å². The summed E-state index contributed by atoms with van der Waals surface area (Å²) in [5, 5.41) is 10.6. The maximum atomic E-state index is 13.1. The van der Waals surface area contributed by atoms with Gasteiger partial charge in [-0.15, -0.1) is 0 Å². The van der Waals surface area contributed by atoms with Crippen molar-refractivity contribution in [1.29, 1.82) is 0 Å². The number of carbonyl (C=O) groups is 4. The SMILES string of the molecule is CCCCCCCCCCCCCCCCCCCC(=O)OC[C@H](COP(=O)(O)OC[C@@H](O)COP(=O)(O)OC[C@@H](COC(=O)CCCCCCCCCCC)OC(=O)CCCCCCCCCCCCCCCCC)OC(=O)CCCCCCCCCCCCCCCCCC(C)C. The summed E-state index contributed by atoms with van der Waals surface area (Å²) in [5.74, 6) is -1.30. The number of aliphatic hydroxyl groups excluding tert-OH is 1. The molecule has 2 unspecified atom stereocenters. The van der Waals surface area contributed by atoms with Crippen molar-refractivity contribution in [3.63, 3.8) is 0 Å². The number of ether oxygens (including phenoxy) is 4. The van der Waals surface area contributed by atoms with Gasteiger partial charge in [0.05, 0.1) is 26.4 Å². The number of carbonyl (C=O) groups excluding carboxylic acids is 4. The summed E-state index contributed by atoms with van der Waals surface area (Å²) in [4.78, 5) is 72.9. The second-order valence-electron chi connectivity index (χ2n) is 29.3. The van der Waals surface area contributed by atoms with Crippen LogP contribution in [0.3, 0.4) is 0 Å². The first-order valence-electron chi connectivity index (χ1n) is 41.6. The van der Waals surface area contributed by atoms with Gasteiger partial charge in [-0.3, -0.25) is 37.3 Å². The molecule has 0 aliphatic heterocycles. The van der Waals surface area contributed by atoms with Crippen LogP contribution in [0.1, 0.15) is 426 Å². The molecule has 0 fully saturated rings. The highest BCUT2D eigenvalue weighted by Crippen LogP contribution is 2.45. The van der Waals surface area contributed by atoms with Gasteiger partial charge in [0.15, 0.2) is 12.2 Å². The molecule has 0 aliphatic carbocycles. The van der Waals surface area contributed by atoms with Gasteiger partial charge < -0.3 is 33.8 Å². The molecule has 19 heteroatoms. The third-order valence-corrected chi connectivity index (χ3v) is 20.7. The zero-order chi connectivity index (χ0) is 72.7. The standard InChI is InChI=1S/C80H156O17P2/c1-6-9-12-15-18-21-23-25-27-28-32-35-39-44-49-54-59-64-78(83)91-70-76(97-80(85)66-61-56-51-46-41-37-33-29-31-34-38-43-47-52-57-62-73(4)5)72-95-99(88,89)93-68-74(81)67-92-98(86,87)94-71-75(69-90-77(82)63-58-53-48-42-20-17-14-11-8-3)96-79(84)65-60-55-50-45-40-36-30-26-24-22-19-16-13-10-7-2/h73-76,81H,6-72H2,1-5H3,(H,86,87)(H,88,89)/t74-,75+,76+/m0/s1. The Labute approximate surface area is 607 Å². The summed E-state index contributed by atoms with van der Waals surface area (Å²) >= 11 is 0. The first-order valence-corrected chi connectivity index (χ1v) is 44.6. The Morgan fingerprint density at radius 2 is 0.465 bits per heavy atom. The Morgan fingerprint density at radius 3 is 0.687 bits per heavy atom. The van der Waals surface area contributed by atoms with Crippen LogP contribution < -0.4 is 0 Å². The average Bonchev–Trinajstić information content (AvgIpc) is 1.28. The normalized spacial score (nSPS) is 13.9. The highest BCUT2D eigenvalue weighted by molar-refractivity contribution is 7.47. The molecule has 0 aromatic carbocycles. The van der Waals surface area contributed by atoms with Crippen LogP contribution in [-0.4, -0.2) is 96.7 Å². The van der Waals surface area contributed by atoms with Gasteiger partial charge >= 0.3 is 39.5 Å². The van der Waals surface area contributed by atoms with E-state index in [1.54, 1.807) is 0 Å². The number of hydrogen-bond acceptors (Lipinski definition) is 15. The van der Waals surface area contributed by atoms with Crippen LogP contribution in [-0.2, 0) is 65.4 Å². The maximum Gasteiger partial charge on any atom is 0.472 e. The molecule has 0 saturated heterocycles. The Hall–Kier alpha value is -1.94. The highest BCUT2D eigenvalue weighted by Gasteiger charge is 2.30. The summed E-state index contributed by atoms with van der Waals surface area (Å²) in [7, 11) is -9.91. The van der Waals surface area contributed by atoms with E-state index >= 15 is 0 Å². The van der Waals surface area contributed by atoms with Gasteiger partial charge in [-0.05, 0) is 31.6 Å². The van der Waals surface area contributed by atoms with Crippen molar-refractivity contribution in [3.05, 3.63) is 0 Å². The van der Waals surface area contributed by atoms with E-state index in [9.17, 15) is 43.2 Å². The molecule has 99 heavy (non-hydrogen) atoms. The number of phosphoric ester groups is 2. The summed E-state index contributed by atoms with van der Waals surface area (Å²) in [6.07, 6.45) is 63.7. The molecule has 0 saturated carbocycles. The van der Waals surface area contributed by atoms with Gasteiger partial charge in [0.1, 0.15) is 19.3 Å². The lowest BCUT2D eigenvalue weighted by molar-refractivity contribution is -0.161. The van der Waals surface area contributed by atoms with Crippen molar-refractivity contribution in [1.82, 2.24) is 0 Å². The van der Waals surface area contributed by atoms with E-state index in [1.807, 2.05) is 0 Å². The second-order valence-corrected chi connectivity index (χ2v) is 32.2. The number of phosphoric acid groups is 2. The molecule has 588 valence electrons. The van der Waals surface area contributed by atoms with Crippen LogP contribution >= 0.6 is 15.6 Å². The topological polar surface area (TPSA) is 237 Å². The zero-order valence-electron chi connectivity index (χ0n) is 64.6. The molecule has 0 bridgehead atoms. The lowest BCUT2D eigenvalue weighted by atomic mass is 10.0. The fraction of sp³-hybridized carbons (Fsp3) is 0.950. The monoisotopic (exact) mass is 1450 g/mol. The minimum absolute atomic E-state index is 0.108. The first-order chi connectivity index (χ1) is 48.0. The average molecular weight is 1450 g/mol. The van der Waals surface area contributed by atoms with Gasteiger partial charge in [0.25, 0.3) is 0 Å². The van der Waals surface area contributed by atoms with Crippen LogP contribution in [0, 0.1) is 5.92 Å². The van der Waals surface area contributed by atoms with Crippen molar-refractivity contribution >= 4 is 39.5 Å². The summed E-state index contributed by atoms with van der Waals surface area (Å²) < 4.78 is 68.7. The second kappa shape index (κ2) is 73.0. The van der Waals surface area contributed by atoms with E-state index in [0.717, 1.165) is 95.8 Å². The van der Waals surface area contributed by atoms with Crippen molar-refractivity contribution in [3.8, 4) is 0 Å². The van der Waals surface area contributed by atoms with E-state index in [1.165, 1.54) is 250 Å². The van der Waals surface area contributed by atoms with Crippen molar-refractivity contribution < 1.29 is 80.2 Å². The predicted molar refractivity (Wildman–Crippen MR) is 405 cm³/mol. The van der Waals surface area contributed by atoms with Crippen LogP contribution in [0.4, 0.5) is 0 Å². The largest absolute Gasteiger partial charge is 0.472 e. The van der Waals surface area contributed by atoms with Crippen LogP contribution in [0.5, 0.6) is 0 Å². The molecular formula is C80H156O17P2. The third kappa shape index (κ3) is 74.1. The number of hydrogen-bond donors (Lipinski definition) is 3. The molecule has 0 amide bonds. The molecule has 5 atom stereocenters. The van der Waals surface area contributed by atoms with Crippen molar-refractivity contribution in [2.24, 2.45) is 5.92 Å². The zero-order valence-corrected chi connectivity index (χ0v) is 66.4. The molecule has 3 N–H and O–H groups in total. The first kappa shape index (κ1) is 97.1. The molecule has 0 aromatic heterocycles. The Kier molecular flexibility index (Phi) is 71.6. The lowest BCUT2D eigenvalue weighted by Gasteiger charge is -2.21. The molecule has 0 heterocycles. The summed E-state index contributed by atoms with van der Waals surface area (Å²) in [6.45, 7) is 7.34. The molecule has 0 spiro atoms. The number of esters is 4. The minimum atomic E-state index is -4.96. The lowest BCUT2D eigenvalue weighted by Crippen LogP contribution is -2.30. The smallest absolute Gasteiger partial charge is 0.462 e. The third-order valence-electron chi connectivity index (χ3n) is 18.8. The van der Waals surface area contributed by atoms with Gasteiger partial charge in [0, 0.05) is 25.7 Å². The molecule has 0 aliphatic rings. The maximum absolute atomic E-state index is 13.1. The van der Waals surface area contributed by atoms with Gasteiger partial charge in [-0.1, -0.05) is 375 Å². The molecule has 0 rings (SSSR count). The number of aliphatic hydroxyl groups is 1. The number of rotatable bonds is 80. The Balaban J connectivity index is 5.22. The predicted octanol–water partition coefficient (Wildman–Crippen LogP) is 24.0. The van der Waals surface area contributed by atoms with Gasteiger partial charge in [0.2, 0.25) is 0 Å². The van der Waals surface area contributed by atoms with Gasteiger partial charge in [-0.25, -0.2) is 9.13 Å². The highest BCUT2D eigenvalue weighted by atomic mass is 31.2. The fourth-order valence-corrected chi connectivity index (χ4v) is 14.0. The molecule has 0 radical (unpaired) electrons. The Bertz CT molecular complexity index is 1890. The van der Waals surface area contributed by atoms with E-state index in [4.69, 9.17) is 37.0 Å². The van der Waals surface area contributed by atoms with Crippen molar-refractivity contribution in [2.45, 2.75) is 445 Å². The number of unbranched alkanes of at least 4 members (excludes halogenated alkanes) is 52. The quantitative estimate of drug-likeness (QED) is 0.0222. The Morgan fingerprint density at radius 1 is 0.273 bits per heavy atom. The molecular weight excluding hydrogens is 1290 g/mol. The molecule has 0 aromatic rings. The van der Waals surface area contributed by atoms with Crippen LogP contribution in [0.25, 0.3) is 0 Å². The van der Waals surface area contributed by atoms with Crippen LogP contribution in [0.2, 0.25) is 0 Å². The van der Waals surface area contributed by atoms with Gasteiger partial charge in [-0.2, -0.15) is 0 Å². The van der Waals surface area contributed by atoms with E-state index in [0.29, 0.717) is 25.7 Å². The summed E-state index contributed by atoms with van der Waals surface area (Å²) in [5.41, 5.74) is 0. The summed E-state index contributed by atoms with van der Waals surface area (Å²) in [6, 6.07) is 0. The fourth-order valence-electron chi connectivity index (χ4n) is 12.4. The van der Waals surface area contributed by atoms with Crippen LogP contribution in [0.15, 0.2) is 0 Å². The van der Waals surface area contributed by atoms with Crippen molar-refractivity contribution in [2.75, 3.05) is 39.6 Å². The van der Waals surface area contributed by atoms with E-state index in [-0.39, 0.29) is 25.7 Å². The minimum Gasteiger partial charge on any atom is -0.462 e. The molecule has 17 nitrogen and oxygen atoms in total.